The number of benzene rings is 2. The molecule has 2 aromatic carbocycles. The van der Waals surface area contributed by atoms with Crippen LogP contribution in [0.5, 0.6) is 0 Å². The van der Waals surface area contributed by atoms with E-state index in [-0.39, 0.29) is 13.2 Å². The van der Waals surface area contributed by atoms with Crippen LogP contribution in [0.25, 0.3) is 22.4 Å². The van der Waals surface area contributed by atoms with Gasteiger partial charge in [-0.2, -0.15) is 0 Å². The van der Waals surface area contributed by atoms with Gasteiger partial charge in [-0.05, 0) is 30.3 Å². The van der Waals surface area contributed by atoms with Crippen LogP contribution in [0.2, 0.25) is 0 Å². The van der Waals surface area contributed by atoms with Gasteiger partial charge >= 0.3 is 0 Å². The van der Waals surface area contributed by atoms with Crippen LogP contribution < -0.4 is 5.73 Å². The highest BCUT2D eigenvalue weighted by Gasteiger charge is 2.15. The monoisotopic (exact) mass is 289 g/mol. The quantitative estimate of drug-likeness (QED) is 0.728. The van der Waals surface area contributed by atoms with Gasteiger partial charge in [0.2, 0.25) is 0 Å². The van der Waals surface area contributed by atoms with Gasteiger partial charge in [-0.3, -0.25) is 0 Å². The molecule has 0 bridgehead atoms. The Labute approximate surface area is 119 Å². The van der Waals surface area contributed by atoms with Gasteiger partial charge in [0.15, 0.2) is 11.6 Å². The van der Waals surface area contributed by atoms with Crippen LogP contribution in [0.3, 0.4) is 0 Å². The third kappa shape index (κ3) is 2.23. The molecule has 0 fully saturated rings. The van der Waals surface area contributed by atoms with Crippen LogP contribution >= 0.6 is 0 Å². The summed E-state index contributed by atoms with van der Waals surface area (Å²) < 4.78 is 28.2. The van der Waals surface area contributed by atoms with E-state index in [1.807, 2.05) is 6.07 Å². The molecule has 0 aliphatic rings. The molecule has 0 unspecified atom stereocenters. The molecule has 21 heavy (non-hydrogen) atoms. The molecule has 3 rings (SSSR count). The van der Waals surface area contributed by atoms with Gasteiger partial charge in [-0.1, -0.05) is 6.07 Å². The number of fused-ring (bicyclic) bond motifs is 1. The maximum atomic E-state index is 13.4. The lowest BCUT2D eigenvalue weighted by Crippen LogP contribution is -2.04. The number of aliphatic hydroxyl groups excluding tert-OH is 1. The number of anilines is 1. The summed E-state index contributed by atoms with van der Waals surface area (Å²) in [4.78, 5) is 4.41. The number of nitrogens with two attached hydrogens (primary N) is 1. The molecular formula is C15H13F2N3O. The molecule has 0 saturated carbocycles. The van der Waals surface area contributed by atoms with Crippen LogP contribution in [-0.2, 0) is 6.54 Å². The Morgan fingerprint density at radius 1 is 1.14 bits per heavy atom. The van der Waals surface area contributed by atoms with Gasteiger partial charge in [0.1, 0.15) is 11.3 Å². The average molecular weight is 289 g/mol. The normalized spacial score (nSPS) is 11.2. The topological polar surface area (TPSA) is 64.1 Å². The van der Waals surface area contributed by atoms with Gasteiger partial charge in [0.05, 0.1) is 17.8 Å². The summed E-state index contributed by atoms with van der Waals surface area (Å²) in [7, 11) is 0. The van der Waals surface area contributed by atoms with E-state index in [0.29, 0.717) is 22.6 Å². The number of para-hydroxylation sites is 1. The van der Waals surface area contributed by atoms with Crippen molar-refractivity contribution in [1.82, 2.24) is 9.55 Å². The smallest absolute Gasteiger partial charge is 0.159 e. The molecular weight excluding hydrogens is 276 g/mol. The van der Waals surface area contributed by atoms with Crippen molar-refractivity contribution in [2.45, 2.75) is 6.54 Å². The van der Waals surface area contributed by atoms with Gasteiger partial charge in [0, 0.05) is 12.1 Å². The fraction of sp³-hybridized carbons (Fsp3) is 0.133. The fourth-order valence-electron chi connectivity index (χ4n) is 2.35. The average Bonchev–Trinajstić information content (AvgIpc) is 2.83. The zero-order valence-electron chi connectivity index (χ0n) is 11.1. The summed E-state index contributed by atoms with van der Waals surface area (Å²) in [5, 5.41) is 9.22. The van der Waals surface area contributed by atoms with E-state index in [9.17, 15) is 13.9 Å². The van der Waals surface area contributed by atoms with Crippen molar-refractivity contribution in [1.29, 1.82) is 0 Å². The molecule has 108 valence electrons. The maximum Gasteiger partial charge on any atom is 0.159 e. The van der Waals surface area contributed by atoms with Crippen molar-refractivity contribution in [3.8, 4) is 11.4 Å². The zero-order chi connectivity index (χ0) is 15.0. The van der Waals surface area contributed by atoms with E-state index in [1.165, 1.54) is 6.07 Å². The molecule has 6 heteroatoms. The van der Waals surface area contributed by atoms with E-state index in [2.05, 4.69) is 4.98 Å². The van der Waals surface area contributed by atoms with Crippen LogP contribution in [0, 0.1) is 11.6 Å². The van der Waals surface area contributed by atoms with Gasteiger partial charge in [0.25, 0.3) is 0 Å². The Morgan fingerprint density at radius 2 is 1.95 bits per heavy atom. The summed E-state index contributed by atoms with van der Waals surface area (Å²) in [5.74, 6) is -1.41. The Bertz CT molecular complexity index is 814. The van der Waals surface area contributed by atoms with E-state index >= 15 is 0 Å². The molecule has 0 saturated heterocycles. The summed E-state index contributed by atoms with van der Waals surface area (Å²) in [6.45, 7) is 0.186. The number of aliphatic hydroxyl groups is 1. The first-order valence-electron chi connectivity index (χ1n) is 6.43. The first-order chi connectivity index (χ1) is 10.1. The lowest BCUT2D eigenvalue weighted by Gasteiger charge is -2.07. The summed E-state index contributed by atoms with van der Waals surface area (Å²) in [6.07, 6.45) is 0. The number of nitrogens with zero attached hydrogens (tertiary/aromatic N) is 2. The molecule has 3 N–H and O–H groups in total. The van der Waals surface area contributed by atoms with Crippen LogP contribution in [0.15, 0.2) is 36.4 Å². The maximum absolute atomic E-state index is 13.4. The van der Waals surface area contributed by atoms with Crippen molar-refractivity contribution in [3.05, 3.63) is 48.0 Å². The van der Waals surface area contributed by atoms with Crippen molar-refractivity contribution >= 4 is 16.7 Å². The van der Waals surface area contributed by atoms with Crippen molar-refractivity contribution in [3.63, 3.8) is 0 Å². The number of aromatic nitrogens is 2. The van der Waals surface area contributed by atoms with E-state index in [1.54, 1.807) is 16.7 Å². The summed E-state index contributed by atoms with van der Waals surface area (Å²) in [5.41, 5.74) is 8.13. The van der Waals surface area contributed by atoms with E-state index in [0.717, 1.165) is 17.6 Å². The number of rotatable bonds is 3. The van der Waals surface area contributed by atoms with E-state index < -0.39 is 11.6 Å². The lowest BCUT2D eigenvalue weighted by atomic mass is 10.2. The predicted molar refractivity (Wildman–Crippen MR) is 76.6 cm³/mol. The minimum Gasteiger partial charge on any atom is -0.397 e. The first kappa shape index (κ1) is 13.5. The number of nitrogen functional groups attached to an aromatic ring is 1. The van der Waals surface area contributed by atoms with Crippen LogP contribution in [0.1, 0.15) is 0 Å². The largest absolute Gasteiger partial charge is 0.397 e. The lowest BCUT2D eigenvalue weighted by molar-refractivity contribution is 0.278. The second-order valence-electron chi connectivity index (χ2n) is 4.65. The number of imidazole rings is 1. The Morgan fingerprint density at radius 3 is 2.67 bits per heavy atom. The first-order valence-corrected chi connectivity index (χ1v) is 6.43. The fourth-order valence-corrected chi connectivity index (χ4v) is 2.35. The molecule has 1 aromatic heterocycles. The summed E-state index contributed by atoms with van der Waals surface area (Å²) >= 11 is 0. The molecule has 0 amide bonds. The SMILES string of the molecule is Nc1cccc2c1nc(-c1ccc(F)c(F)c1)n2CCO. The minimum absolute atomic E-state index is 0.100. The Hall–Kier alpha value is -2.47. The van der Waals surface area contributed by atoms with Crippen LogP contribution in [0.4, 0.5) is 14.5 Å². The van der Waals surface area contributed by atoms with Gasteiger partial charge in [-0.25, -0.2) is 13.8 Å². The number of hydrogen-bond acceptors (Lipinski definition) is 3. The second-order valence-corrected chi connectivity index (χ2v) is 4.65. The van der Waals surface area contributed by atoms with Crippen LogP contribution in [-0.4, -0.2) is 21.3 Å². The molecule has 3 aromatic rings. The number of halogens is 2. The Balaban J connectivity index is 2.27. The highest BCUT2D eigenvalue weighted by Crippen LogP contribution is 2.28. The predicted octanol–water partition coefficient (Wildman–Crippen LogP) is 2.56. The zero-order valence-corrected chi connectivity index (χ0v) is 11.1. The minimum atomic E-state index is -0.942. The molecule has 0 aliphatic heterocycles. The highest BCUT2D eigenvalue weighted by molar-refractivity contribution is 5.90. The Kier molecular flexibility index (Phi) is 3.31. The standard InChI is InChI=1S/C15H13F2N3O/c16-10-5-4-9(8-11(10)17)15-19-14-12(18)2-1-3-13(14)20(15)6-7-21/h1-5,8,21H,6-7,18H2. The van der Waals surface area contributed by atoms with Crippen molar-refractivity contribution in [2.24, 2.45) is 0 Å². The molecule has 0 spiro atoms. The van der Waals surface area contributed by atoms with E-state index in [4.69, 9.17) is 5.73 Å². The summed E-state index contributed by atoms with van der Waals surface area (Å²) in [6, 6.07) is 8.90. The second kappa shape index (κ2) is 5.14. The highest BCUT2D eigenvalue weighted by atomic mass is 19.2. The van der Waals surface area contributed by atoms with Crippen molar-refractivity contribution < 1.29 is 13.9 Å². The molecule has 0 radical (unpaired) electrons. The molecule has 0 atom stereocenters. The van der Waals surface area contributed by atoms with Gasteiger partial charge < -0.3 is 15.4 Å². The molecule has 0 aliphatic carbocycles. The molecule has 1 heterocycles. The number of hydrogen-bond donors (Lipinski definition) is 2. The van der Waals surface area contributed by atoms with Crippen molar-refractivity contribution in [2.75, 3.05) is 12.3 Å². The molecule has 4 nitrogen and oxygen atoms in total. The third-order valence-electron chi connectivity index (χ3n) is 3.31. The van der Waals surface area contributed by atoms with Gasteiger partial charge in [-0.15, -0.1) is 0 Å². The third-order valence-corrected chi connectivity index (χ3v) is 3.31.